The second kappa shape index (κ2) is 4.39. The number of nitrogens with two attached hydrogens (primary N) is 1. The summed E-state index contributed by atoms with van der Waals surface area (Å²) in [6, 6.07) is 16.3. The fourth-order valence-corrected chi connectivity index (χ4v) is 2.55. The number of fused-ring (bicyclic) bond motifs is 1. The highest BCUT2D eigenvalue weighted by molar-refractivity contribution is 5.95. The molecule has 0 spiro atoms. The summed E-state index contributed by atoms with van der Waals surface area (Å²) in [6.45, 7) is 4.16. The lowest BCUT2D eigenvalue weighted by molar-refractivity contribution is 1.35. The fourth-order valence-electron chi connectivity index (χ4n) is 2.55. The monoisotopic (exact) mass is 248 g/mol. The zero-order valence-corrected chi connectivity index (χ0v) is 11.1. The average molecular weight is 248 g/mol. The first-order valence-electron chi connectivity index (χ1n) is 6.38. The number of nitrogen functional groups attached to an aromatic ring is 1. The largest absolute Gasteiger partial charge is 0.398 e. The Morgan fingerprint density at radius 1 is 0.947 bits per heavy atom. The van der Waals surface area contributed by atoms with E-state index in [0.29, 0.717) is 0 Å². The molecule has 1 heterocycles. The molecule has 3 aromatic rings. The summed E-state index contributed by atoms with van der Waals surface area (Å²) < 4.78 is 0. The maximum Gasteiger partial charge on any atom is 0.0735 e. The van der Waals surface area contributed by atoms with Crippen LogP contribution in [0.25, 0.3) is 22.2 Å². The number of hydrogen-bond acceptors (Lipinski definition) is 2. The van der Waals surface area contributed by atoms with Gasteiger partial charge in [0.05, 0.1) is 11.2 Å². The predicted molar refractivity (Wildman–Crippen MR) is 81.1 cm³/mol. The van der Waals surface area contributed by atoms with E-state index in [1.165, 1.54) is 11.1 Å². The summed E-state index contributed by atoms with van der Waals surface area (Å²) in [4.78, 5) is 4.75. The van der Waals surface area contributed by atoms with Crippen molar-refractivity contribution < 1.29 is 0 Å². The van der Waals surface area contributed by atoms with Crippen molar-refractivity contribution in [2.45, 2.75) is 13.8 Å². The number of rotatable bonds is 1. The molecule has 0 atom stereocenters. The molecule has 0 bridgehead atoms. The van der Waals surface area contributed by atoms with Crippen molar-refractivity contribution in [3.8, 4) is 11.3 Å². The average Bonchev–Trinajstić information content (AvgIpc) is 2.38. The minimum atomic E-state index is 0.793. The van der Waals surface area contributed by atoms with Gasteiger partial charge in [0, 0.05) is 16.6 Å². The van der Waals surface area contributed by atoms with Crippen LogP contribution >= 0.6 is 0 Å². The normalized spacial score (nSPS) is 10.8. The van der Waals surface area contributed by atoms with Gasteiger partial charge in [-0.05, 0) is 37.1 Å². The van der Waals surface area contributed by atoms with Gasteiger partial charge in [0.1, 0.15) is 0 Å². The Morgan fingerprint density at radius 2 is 1.68 bits per heavy atom. The number of hydrogen-bond donors (Lipinski definition) is 1. The summed E-state index contributed by atoms with van der Waals surface area (Å²) in [5.74, 6) is 0. The van der Waals surface area contributed by atoms with E-state index in [9.17, 15) is 0 Å². The Morgan fingerprint density at radius 3 is 2.42 bits per heavy atom. The van der Waals surface area contributed by atoms with E-state index in [1.807, 2.05) is 24.3 Å². The minimum absolute atomic E-state index is 0.793. The third-order valence-corrected chi connectivity index (χ3v) is 3.35. The van der Waals surface area contributed by atoms with E-state index in [0.717, 1.165) is 27.8 Å². The van der Waals surface area contributed by atoms with Gasteiger partial charge < -0.3 is 5.73 Å². The standard InChI is InChI=1S/C17H16N2/c1-11-8-12(2)17-14(18)10-15(19-16(17)9-11)13-6-4-3-5-7-13/h3-10H,1-2H3,(H2,18,19). The first kappa shape index (κ1) is 11.7. The van der Waals surface area contributed by atoms with Crippen LogP contribution in [0, 0.1) is 13.8 Å². The molecular weight excluding hydrogens is 232 g/mol. The second-order valence-electron chi connectivity index (χ2n) is 4.94. The summed E-state index contributed by atoms with van der Waals surface area (Å²) in [5.41, 5.74) is 12.4. The zero-order chi connectivity index (χ0) is 13.4. The molecule has 0 saturated carbocycles. The third-order valence-electron chi connectivity index (χ3n) is 3.35. The van der Waals surface area contributed by atoms with E-state index in [2.05, 4.69) is 38.1 Å². The van der Waals surface area contributed by atoms with Gasteiger partial charge in [-0.3, -0.25) is 0 Å². The highest BCUT2D eigenvalue weighted by Crippen LogP contribution is 2.29. The van der Waals surface area contributed by atoms with Crippen molar-refractivity contribution in [3.05, 3.63) is 59.7 Å². The van der Waals surface area contributed by atoms with Gasteiger partial charge in [-0.2, -0.15) is 0 Å². The van der Waals surface area contributed by atoms with Crippen LogP contribution in [0.15, 0.2) is 48.5 Å². The van der Waals surface area contributed by atoms with Crippen LogP contribution < -0.4 is 5.73 Å². The number of aromatic nitrogens is 1. The lowest BCUT2D eigenvalue weighted by Crippen LogP contribution is -1.95. The van der Waals surface area contributed by atoms with Crippen LogP contribution in [0.2, 0.25) is 0 Å². The summed E-state index contributed by atoms with van der Waals surface area (Å²) >= 11 is 0. The molecule has 19 heavy (non-hydrogen) atoms. The number of anilines is 1. The highest BCUT2D eigenvalue weighted by Gasteiger charge is 2.08. The number of benzene rings is 2. The number of pyridine rings is 1. The van der Waals surface area contributed by atoms with Gasteiger partial charge in [0.2, 0.25) is 0 Å². The van der Waals surface area contributed by atoms with Crippen LogP contribution in [0.3, 0.4) is 0 Å². The Bertz CT molecular complexity index is 746. The number of aryl methyl sites for hydroxylation is 2. The Balaban J connectivity index is 2.31. The molecule has 0 amide bonds. The third kappa shape index (κ3) is 2.06. The first-order valence-corrected chi connectivity index (χ1v) is 6.38. The van der Waals surface area contributed by atoms with Gasteiger partial charge in [-0.25, -0.2) is 4.98 Å². The summed E-state index contributed by atoms with van der Waals surface area (Å²) in [6.07, 6.45) is 0. The predicted octanol–water partition coefficient (Wildman–Crippen LogP) is 4.10. The van der Waals surface area contributed by atoms with E-state index >= 15 is 0 Å². The van der Waals surface area contributed by atoms with Gasteiger partial charge in [-0.1, -0.05) is 36.4 Å². The smallest absolute Gasteiger partial charge is 0.0735 e. The Labute approximate surface area is 112 Å². The van der Waals surface area contributed by atoms with Crippen molar-refractivity contribution in [1.82, 2.24) is 4.98 Å². The van der Waals surface area contributed by atoms with E-state index in [4.69, 9.17) is 10.7 Å². The molecule has 3 rings (SSSR count). The molecule has 2 aromatic carbocycles. The molecule has 0 radical (unpaired) electrons. The van der Waals surface area contributed by atoms with Crippen molar-refractivity contribution in [2.75, 3.05) is 5.73 Å². The van der Waals surface area contributed by atoms with E-state index in [-0.39, 0.29) is 0 Å². The molecule has 2 N–H and O–H groups in total. The maximum absolute atomic E-state index is 6.21. The van der Waals surface area contributed by atoms with Crippen LogP contribution in [0.5, 0.6) is 0 Å². The van der Waals surface area contributed by atoms with Crippen LogP contribution in [0.4, 0.5) is 5.69 Å². The van der Waals surface area contributed by atoms with E-state index < -0.39 is 0 Å². The molecule has 0 aliphatic rings. The molecule has 0 unspecified atom stereocenters. The Kier molecular flexibility index (Phi) is 2.71. The second-order valence-corrected chi connectivity index (χ2v) is 4.94. The fraction of sp³-hybridized carbons (Fsp3) is 0.118. The van der Waals surface area contributed by atoms with Crippen molar-refractivity contribution in [2.24, 2.45) is 0 Å². The lowest BCUT2D eigenvalue weighted by atomic mass is 10.0. The minimum Gasteiger partial charge on any atom is -0.398 e. The van der Waals surface area contributed by atoms with E-state index in [1.54, 1.807) is 0 Å². The number of nitrogens with zero attached hydrogens (tertiary/aromatic N) is 1. The zero-order valence-electron chi connectivity index (χ0n) is 11.1. The molecule has 1 aromatic heterocycles. The molecule has 0 saturated heterocycles. The van der Waals surface area contributed by atoms with Gasteiger partial charge >= 0.3 is 0 Å². The van der Waals surface area contributed by atoms with Crippen molar-refractivity contribution in [1.29, 1.82) is 0 Å². The molecule has 2 nitrogen and oxygen atoms in total. The molecular formula is C17H16N2. The summed E-state index contributed by atoms with van der Waals surface area (Å²) in [5, 5.41) is 1.06. The SMILES string of the molecule is Cc1cc(C)c2c(N)cc(-c3ccccc3)nc2c1. The topological polar surface area (TPSA) is 38.9 Å². The van der Waals surface area contributed by atoms with Crippen LogP contribution in [-0.4, -0.2) is 4.98 Å². The highest BCUT2D eigenvalue weighted by atomic mass is 14.7. The molecule has 0 fully saturated rings. The first-order chi connectivity index (χ1) is 9.15. The lowest BCUT2D eigenvalue weighted by Gasteiger charge is -2.10. The van der Waals surface area contributed by atoms with Crippen molar-refractivity contribution in [3.63, 3.8) is 0 Å². The van der Waals surface area contributed by atoms with Gasteiger partial charge in [0.25, 0.3) is 0 Å². The Hall–Kier alpha value is -2.35. The quantitative estimate of drug-likeness (QED) is 0.704. The van der Waals surface area contributed by atoms with Crippen molar-refractivity contribution >= 4 is 16.6 Å². The molecule has 2 heteroatoms. The van der Waals surface area contributed by atoms with Crippen LogP contribution in [-0.2, 0) is 0 Å². The van der Waals surface area contributed by atoms with Gasteiger partial charge in [-0.15, -0.1) is 0 Å². The van der Waals surface area contributed by atoms with Crippen LogP contribution in [0.1, 0.15) is 11.1 Å². The summed E-state index contributed by atoms with van der Waals surface area (Å²) in [7, 11) is 0. The van der Waals surface area contributed by atoms with Gasteiger partial charge in [0.15, 0.2) is 0 Å². The molecule has 0 aliphatic heterocycles. The maximum atomic E-state index is 6.21. The molecule has 0 aliphatic carbocycles. The molecule has 94 valence electrons.